The Balaban J connectivity index is 1.68. The van der Waals surface area contributed by atoms with Crippen LogP contribution in [-0.4, -0.2) is 26.5 Å². The van der Waals surface area contributed by atoms with Crippen molar-refractivity contribution >= 4 is 17.8 Å². The largest absolute Gasteiger partial charge is 0.478 e. The molecule has 0 aliphatic carbocycles. The maximum atomic E-state index is 12.7. The van der Waals surface area contributed by atoms with Gasteiger partial charge in [0.15, 0.2) is 0 Å². The molecule has 0 saturated carbocycles. The first-order valence-electron chi connectivity index (χ1n) is 10.3. The van der Waals surface area contributed by atoms with Crippen molar-refractivity contribution in [3.63, 3.8) is 0 Å². The van der Waals surface area contributed by atoms with Crippen molar-refractivity contribution < 1.29 is 14.7 Å². The Bertz CT molecular complexity index is 1210. The summed E-state index contributed by atoms with van der Waals surface area (Å²) >= 11 is 0. The molecule has 0 spiro atoms. The van der Waals surface area contributed by atoms with Gasteiger partial charge in [0.25, 0.3) is 5.56 Å². The van der Waals surface area contributed by atoms with Crippen LogP contribution in [0.2, 0.25) is 0 Å². The van der Waals surface area contributed by atoms with Crippen LogP contribution in [0, 0.1) is 0 Å². The summed E-state index contributed by atoms with van der Waals surface area (Å²) in [6, 6.07) is 14.4. The molecule has 0 radical (unpaired) electrons. The van der Waals surface area contributed by atoms with Crippen LogP contribution >= 0.6 is 0 Å². The van der Waals surface area contributed by atoms with Gasteiger partial charge in [-0.15, -0.1) is 0 Å². The molecule has 1 amide bonds. The van der Waals surface area contributed by atoms with Crippen LogP contribution in [0.5, 0.6) is 0 Å². The third kappa shape index (κ3) is 4.12. The highest BCUT2D eigenvalue weighted by Crippen LogP contribution is 2.25. The number of hydrogen-bond donors (Lipinski definition) is 2. The average molecular weight is 417 g/mol. The van der Waals surface area contributed by atoms with E-state index in [1.165, 1.54) is 0 Å². The maximum Gasteiger partial charge on any atom is 0.336 e. The van der Waals surface area contributed by atoms with E-state index in [4.69, 9.17) is 0 Å². The van der Waals surface area contributed by atoms with E-state index in [1.54, 1.807) is 18.2 Å². The van der Waals surface area contributed by atoms with E-state index in [0.717, 1.165) is 29.7 Å². The van der Waals surface area contributed by atoms with Crippen LogP contribution in [0.4, 0.5) is 5.95 Å². The van der Waals surface area contributed by atoms with Gasteiger partial charge in [0.05, 0.1) is 5.56 Å². The highest BCUT2D eigenvalue weighted by atomic mass is 16.4. The summed E-state index contributed by atoms with van der Waals surface area (Å²) < 4.78 is 1.81. The monoisotopic (exact) mass is 417 g/mol. The van der Waals surface area contributed by atoms with Crippen LogP contribution in [0.25, 0.3) is 11.1 Å². The molecule has 0 unspecified atom stereocenters. The summed E-state index contributed by atoms with van der Waals surface area (Å²) in [7, 11) is 0. The molecular formula is C24H23N3O4. The van der Waals surface area contributed by atoms with Gasteiger partial charge in [-0.05, 0) is 35.6 Å². The van der Waals surface area contributed by atoms with Gasteiger partial charge in [-0.1, -0.05) is 55.8 Å². The summed E-state index contributed by atoms with van der Waals surface area (Å²) in [5, 5.41) is 12.1. The second kappa shape index (κ2) is 8.55. The van der Waals surface area contributed by atoms with Gasteiger partial charge in [0.1, 0.15) is 6.54 Å². The van der Waals surface area contributed by atoms with Crippen LogP contribution in [0.3, 0.4) is 0 Å². The Kier molecular flexibility index (Phi) is 5.66. The van der Waals surface area contributed by atoms with Gasteiger partial charge in [-0.25, -0.2) is 4.79 Å². The number of nitrogens with one attached hydrogen (secondary N) is 1. The number of nitrogens with zero attached hydrogens (tertiary/aromatic N) is 2. The summed E-state index contributed by atoms with van der Waals surface area (Å²) in [5.74, 6) is -0.811. The lowest BCUT2D eigenvalue weighted by molar-refractivity contribution is -0.115. The normalized spacial score (nSPS) is 12.5. The zero-order valence-corrected chi connectivity index (χ0v) is 17.2. The Morgan fingerprint density at radius 3 is 2.58 bits per heavy atom. The molecule has 0 atom stereocenters. The zero-order valence-electron chi connectivity index (χ0n) is 17.2. The predicted molar refractivity (Wildman–Crippen MR) is 117 cm³/mol. The highest BCUT2D eigenvalue weighted by molar-refractivity contribution is 5.96. The second-order valence-corrected chi connectivity index (χ2v) is 7.63. The summed E-state index contributed by atoms with van der Waals surface area (Å²) in [4.78, 5) is 40.2. The summed E-state index contributed by atoms with van der Waals surface area (Å²) in [5.41, 5.74) is 3.75. The molecule has 2 N–H and O–H groups in total. The Morgan fingerprint density at radius 2 is 1.87 bits per heavy atom. The molecule has 2 aromatic carbocycles. The molecular weight excluding hydrogens is 394 g/mol. The minimum absolute atomic E-state index is 0.164. The number of carboxylic acid groups (broad SMARTS) is 1. The van der Waals surface area contributed by atoms with Crippen molar-refractivity contribution in [1.29, 1.82) is 0 Å². The summed E-state index contributed by atoms with van der Waals surface area (Å²) in [6.07, 6.45) is 3.00. The lowest BCUT2D eigenvalue weighted by Crippen LogP contribution is -2.22. The van der Waals surface area contributed by atoms with E-state index in [0.29, 0.717) is 29.9 Å². The number of aromatic nitrogens is 2. The number of benzene rings is 2. The van der Waals surface area contributed by atoms with Gasteiger partial charge >= 0.3 is 5.97 Å². The third-order valence-electron chi connectivity index (χ3n) is 5.52. The smallest absolute Gasteiger partial charge is 0.336 e. The number of carbonyl (C=O) groups is 2. The number of amides is 1. The average Bonchev–Trinajstić information content (AvgIpc) is 3.13. The van der Waals surface area contributed by atoms with Gasteiger partial charge in [-0.3, -0.25) is 14.9 Å². The standard InChI is InChI=1S/C24H23N3O4/c1-2-3-8-20-19(22(29)26-24-25-21(28)14-27(20)24)13-15-9-11-16(12-10-15)17-6-4-5-7-18(17)23(30)31/h4-7,9-12H,2-3,8,13-14H2,1H3,(H,30,31)(H,25,26,28,29). The first kappa shape index (κ1) is 20.5. The molecule has 31 heavy (non-hydrogen) atoms. The minimum atomic E-state index is -0.972. The Hall–Kier alpha value is -3.74. The van der Waals surface area contributed by atoms with Crippen molar-refractivity contribution in [2.75, 3.05) is 5.32 Å². The van der Waals surface area contributed by atoms with E-state index in [1.807, 2.05) is 34.9 Å². The maximum absolute atomic E-state index is 12.7. The van der Waals surface area contributed by atoms with Crippen molar-refractivity contribution in [2.45, 2.75) is 39.2 Å². The fourth-order valence-electron chi connectivity index (χ4n) is 3.95. The number of hydrogen-bond acceptors (Lipinski definition) is 4. The lowest BCUT2D eigenvalue weighted by Gasteiger charge is -2.15. The molecule has 0 fully saturated rings. The van der Waals surface area contributed by atoms with Crippen molar-refractivity contribution in [2.24, 2.45) is 0 Å². The van der Waals surface area contributed by atoms with Crippen LogP contribution in [0.1, 0.15) is 46.9 Å². The van der Waals surface area contributed by atoms with Gasteiger partial charge in [-0.2, -0.15) is 4.98 Å². The fourth-order valence-corrected chi connectivity index (χ4v) is 3.95. The zero-order chi connectivity index (χ0) is 22.0. The van der Waals surface area contributed by atoms with Crippen LogP contribution in [0.15, 0.2) is 53.3 Å². The number of unbranched alkanes of at least 4 members (excludes halogenated alkanes) is 1. The molecule has 2 heterocycles. The minimum Gasteiger partial charge on any atom is -0.478 e. The fraction of sp³-hybridized carbons (Fsp3) is 0.250. The number of carboxylic acids is 1. The van der Waals surface area contributed by atoms with Crippen molar-refractivity contribution in [1.82, 2.24) is 9.55 Å². The Morgan fingerprint density at radius 1 is 1.13 bits per heavy atom. The molecule has 3 aromatic rings. The van der Waals surface area contributed by atoms with Crippen molar-refractivity contribution in [3.8, 4) is 11.1 Å². The van der Waals surface area contributed by atoms with Crippen LogP contribution in [-0.2, 0) is 24.2 Å². The predicted octanol–water partition coefficient (Wildman–Crippen LogP) is 3.49. The third-order valence-corrected chi connectivity index (χ3v) is 5.52. The SMILES string of the molecule is CCCCc1c(Cc2ccc(-c3ccccc3C(=O)O)cc2)c(=O)nc2n1CC(=O)N2. The number of fused-ring (bicyclic) bond motifs is 1. The van der Waals surface area contributed by atoms with Crippen LogP contribution < -0.4 is 10.9 Å². The van der Waals surface area contributed by atoms with E-state index in [9.17, 15) is 19.5 Å². The second-order valence-electron chi connectivity index (χ2n) is 7.63. The topological polar surface area (TPSA) is 101 Å². The Labute approximate surface area is 179 Å². The van der Waals surface area contributed by atoms with E-state index in [-0.39, 0.29) is 23.6 Å². The summed E-state index contributed by atoms with van der Waals surface area (Å²) in [6.45, 7) is 2.26. The lowest BCUT2D eigenvalue weighted by atomic mass is 9.96. The quantitative estimate of drug-likeness (QED) is 0.613. The first-order valence-corrected chi connectivity index (χ1v) is 10.3. The van der Waals surface area contributed by atoms with Gasteiger partial charge < -0.3 is 9.67 Å². The molecule has 158 valence electrons. The van der Waals surface area contributed by atoms with Crippen molar-refractivity contribution in [3.05, 3.63) is 81.3 Å². The van der Waals surface area contributed by atoms with E-state index >= 15 is 0 Å². The molecule has 1 aliphatic heterocycles. The van der Waals surface area contributed by atoms with E-state index < -0.39 is 5.97 Å². The number of carbonyl (C=O) groups excluding carboxylic acids is 1. The van der Waals surface area contributed by atoms with Gasteiger partial charge in [0, 0.05) is 17.7 Å². The number of aromatic carboxylic acids is 1. The first-order chi connectivity index (χ1) is 15.0. The number of anilines is 1. The molecule has 7 heteroatoms. The molecule has 7 nitrogen and oxygen atoms in total. The highest BCUT2D eigenvalue weighted by Gasteiger charge is 2.24. The molecule has 0 bridgehead atoms. The number of rotatable bonds is 7. The molecule has 1 aliphatic rings. The molecule has 0 saturated heterocycles. The van der Waals surface area contributed by atoms with Gasteiger partial charge in [0.2, 0.25) is 11.9 Å². The molecule has 1 aromatic heterocycles. The van der Waals surface area contributed by atoms with E-state index in [2.05, 4.69) is 17.2 Å². The molecule has 4 rings (SSSR count).